The molecule has 1 aliphatic heterocycles. The highest BCUT2D eigenvalue weighted by Gasteiger charge is 2.35. The van der Waals surface area contributed by atoms with Crippen molar-refractivity contribution in [1.82, 2.24) is 20.4 Å². The smallest absolute Gasteiger partial charge is 0.269 e. The maximum atomic E-state index is 12.3. The van der Waals surface area contributed by atoms with Crippen molar-refractivity contribution in [3.05, 3.63) is 17.5 Å². The van der Waals surface area contributed by atoms with E-state index in [1.165, 1.54) is 38.7 Å². The van der Waals surface area contributed by atoms with Gasteiger partial charge in [0.2, 0.25) is 5.91 Å². The second kappa shape index (κ2) is 7.15. The standard InChI is InChI=1S/C17H24N4O3/c1-11(22)14-9-15(20-19-14)17(24)18-12-8-16(23)21(10-12)13-6-4-2-3-5-7-13/h9,12-13H,2-8,10H2,1H3,(H,18,24)(H,19,20)/t12-/m0/s1. The van der Waals surface area contributed by atoms with Crippen LogP contribution < -0.4 is 5.32 Å². The van der Waals surface area contributed by atoms with Gasteiger partial charge in [0, 0.05) is 25.9 Å². The molecule has 2 fully saturated rings. The summed E-state index contributed by atoms with van der Waals surface area (Å²) in [4.78, 5) is 37.8. The fraction of sp³-hybridized carbons (Fsp3) is 0.647. The zero-order valence-corrected chi connectivity index (χ0v) is 14.0. The van der Waals surface area contributed by atoms with Crippen molar-refractivity contribution in [1.29, 1.82) is 0 Å². The second-order valence-corrected chi connectivity index (χ2v) is 6.79. The van der Waals surface area contributed by atoms with Crippen molar-refractivity contribution >= 4 is 17.6 Å². The number of amides is 2. The largest absolute Gasteiger partial charge is 0.346 e. The number of aromatic nitrogens is 2. The lowest BCUT2D eigenvalue weighted by atomic mass is 10.1. The van der Waals surface area contributed by atoms with Crippen LogP contribution >= 0.6 is 0 Å². The predicted octanol–water partition coefficient (Wildman–Crippen LogP) is 1.67. The topological polar surface area (TPSA) is 95.2 Å². The van der Waals surface area contributed by atoms with Gasteiger partial charge in [-0.25, -0.2) is 0 Å². The Balaban J connectivity index is 1.58. The van der Waals surface area contributed by atoms with Crippen LogP contribution in [0.3, 0.4) is 0 Å². The van der Waals surface area contributed by atoms with E-state index in [0.29, 0.717) is 19.0 Å². The number of rotatable bonds is 4. The zero-order valence-electron chi connectivity index (χ0n) is 14.0. The van der Waals surface area contributed by atoms with Gasteiger partial charge in [0.25, 0.3) is 5.91 Å². The van der Waals surface area contributed by atoms with Gasteiger partial charge in [0.15, 0.2) is 5.78 Å². The van der Waals surface area contributed by atoms with Crippen molar-refractivity contribution in [2.24, 2.45) is 0 Å². The molecule has 3 rings (SSSR count). The van der Waals surface area contributed by atoms with Crippen molar-refractivity contribution in [3.8, 4) is 0 Å². The lowest BCUT2D eigenvalue weighted by Crippen LogP contribution is -2.40. The summed E-state index contributed by atoms with van der Waals surface area (Å²) in [6, 6.07) is 1.58. The lowest BCUT2D eigenvalue weighted by molar-refractivity contribution is -0.129. The van der Waals surface area contributed by atoms with Crippen LogP contribution in [0.5, 0.6) is 0 Å². The second-order valence-electron chi connectivity index (χ2n) is 6.79. The van der Waals surface area contributed by atoms with Gasteiger partial charge in [-0.3, -0.25) is 19.5 Å². The number of aromatic amines is 1. The van der Waals surface area contributed by atoms with Crippen LogP contribution in [-0.2, 0) is 4.79 Å². The van der Waals surface area contributed by atoms with Gasteiger partial charge in [-0.1, -0.05) is 25.7 Å². The van der Waals surface area contributed by atoms with E-state index >= 15 is 0 Å². The SMILES string of the molecule is CC(=O)c1cc(C(=O)N[C@H]2CC(=O)N(C3CCCCCC3)C2)[nH]n1. The van der Waals surface area contributed by atoms with Crippen LogP contribution in [0.2, 0.25) is 0 Å². The number of nitrogens with zero attached hydrogens (tertiary/aromatic N) is 2. The Labute approximate surface area is 141 Å². The quantitative estimate of drug-likeness (QED) is 0.647. The summed E-state index contributed by atoms with van der Waals surface area (Å²) in [5.74, 6) is -0.391. The summed E-state index contributed by atoms with van der Waals surface area (Å²) < 4.78 is 0. The number of H-pyrrole nitrogens is 1. The van der Waals surface area contributed by atoms with Crippen LogP contribution in [0, 0.1) is 0 Å². The first-order valence-electron chi connectivity index (χ1n) is 8.71. The minimum Gasteiger partial charge on any atom is -0.346 e. The van der Waals surface area contributed by atoms with Gasteiger partial charge < -0.3 is 10.2 Å². The highest BCUT2D eigenvalue weighted by atomic mass is 16.2. The monoisotopic (exact) mass is 332 g/mol. The number of ketones is 1. The van der Waals surface area contributed by atoms with Crippen LogP contribution in [0.15, 0.2) is 6.07 Å². The lowest BCUT2D eigenvalue weighted by Gasteiger charge is -2.27. The van der Waals surface area contributed by atoms with E-state index in [2.05, 4.69) is 15.5 Å². The molecule has 0 aromatic carbocycles. The highest BCUT2D eigenvalue weighted by Crippen LogP contribution is 2.25. The molecule has 7 nitrogen and oxygen atoms in total. The van der Waals surface area contributed by atoms with E-state index in [1.807, 2.05) is 4.90 Å². The summed E-state index contributed by atoms with van der Waals surface area (Å²) in [7, 11) is 0. The average Bonchev–Trinajstić information content (AvgIpc) is 3.07. The first-order valence-corrected chi connectivity index (χ1v) is 8.71. The number of hydrogen-bond donors (Lipinski definition) is 2. The van der Waals surface area contributed by atoms with Gasteiger partial charge in [-0.2, -0.15) is 5.10 Å². The summed E-state index contributed by atoms with van der Waals surface area (Å²) in [6.07, 6.45) is 7.31. The summed E-state index contributed by atoms with van der Waals surface area (Å²) in [5.41, 5.74) is 0.489. The zero-order chi connectivity index (χ0) is 17.1. The van der Waals surface area contributed by atoms with Crippen LogP contribution in [0.1, 0.15) is 72.8 Å². The molecule has 24 heavy (non-hydrogen) atoms. The van der Waals surface area contributed by atoms with Crippen molar-refractivity contribution < 1.29 is 14.4 Å². The van der Waals surface area contributed by atoms with E-state index in [0.717, 1.165) is 12.8 Å². The van der Waals surface area contributed by atoms with Crippen LogP contribution in [0.25, 0.3) is 0 Å². The molecule has 0 unspecified atom stereocenters. The summed E-state index contributed by atoms with van der Waals surface area (Å²) in [5, 5.41) is 9.26. The molecular weight excluding hydrogens is 308 g/mol. The Bertz CT molecular complexity index is 632. The van der Waals surface area contributed by atoms with Crippen molar-refractivity contribution in [2.45, 2.75) is 64.0 Å². The number of carbonyl (C=O) groups excluding carboxylic acids is 3. The van der Waals surface area contributed by atoms with Crippen LogP contribution in [0.4, 0.5) is 0 Å². The first kappa shape index (κ1) is 16.7. The molecule has 1 aliphatic carbocycles. The molecule has 2 amide bonds. The molecule has 0 bridgehead atoms. The third-order valence-electron chi connectivity index (χ3n) is 4.94. The number of hydrogen-bond acceptors (Lipinski definition) is 4. The molecule has 2 heterocycles. The molecule has 0 spiro atoms. The molecule has 1 aromatic heterocycles. The summed E-state index contributed by atoms with van der Waals surface area (Å²) in [6.45, 7) is 1.97. The minimum absolute atomic E-state index is 0.126. The van der Waals surface area contributed by atoms with Gasteiger partial charge in [-0.05, 0) is 18.9 Å². The Morgan fingerprint density at radius 2 is 1.96 bits per heavy atom. The number of nitrogens with one attached hydrogen (secondary N) is 2. The Morgan fingerprint density at radius 1 is 1.25 bits per heavy atom. The van der Waals surface area contributed by atoms with E-state index < -0.39 is 0 Å². The third kappa shape index (κ3) is 3.66. The third-order valence-corrected chi connectivity index (χ3v) is 4.94. The van der Waals surface area contributed by atoms with Gasteiger partial charge in [0.1, 0.15) is 11.4 Å². The van der Waals surface area contributed by atoms with E-state index in [1.54, 1.807) is 0 Å². The van der Waals surface area contributed by atoms with Crippen molar-refractivity contribution in [3.63, 3.8) is 0 Å². The molecular formula is C17H24N4O3. The molecule has 130 valence electrons. The fourth-order valence-electron chi connectivity index (χ4n) is 3.63. The van der Waals surface area contributed by atoms with Crippen molar-refractivity contribution in [2.75, 3.05) is 6.54 Å². The van der Waals surface area contributed by atoms with Gasteiger partial charge in [0.05, 0.1) is 6.04 Å². The number of carbonyl (C=O) groups is 3. The molecule has 2 N–H and O–H groups in total. The Morgan fingerprint density at radius 3 is 2.58 bits per heavy atom. The molecule has 1 aromatic rings. The maximum absolute atomic E-state index is 12.3. The fourth-order valence-corrected chi connectivity index (χ4v) is 3.63. The van der Waals surface area contributed by atoms with E-state index in [4.69, 9.17) is 0 Å². The first-order chi connectivity index (χ1) is 11.5. The average molecular weight is 332 g/mol. The van der Waals surface area contributed by atoms with Gasteiger partial charge >= 0.3 is 0 Å². The predicted molar refractivity (Wildman–Crippen MR) is 87.7 cm³/mol. The minimum atomic E-state index is -0.324. The van der Waals surface area contributed by atoms with E-state index in [-0.39, 0.29) is 35.0 Å². The van der Waals surface area contributed by atoms with E-state index in [9.17, 15) is 14.4 Å². The molecule has 7 heteroatoms. The van der Waals surface area contributed by atoms with Gasteiger partial charge in [-0.15, -0.1) is 0 Å². The number of Topliss-reactive ketones (excluding diaryl/α,β-unsaturated/α-hetero) is 1. The normalized spacial score (nSPS) is 22.5. The Kier molecular flexibility index (Phi) is 4.97. The maximum Gasteiger partial charge on any atom is 0.269 e. The molecule has 1 atom stereocenters. The number of likely N-dealkylation sites (tertiary alicyclic amines) is 1. The molecule has 0 radical (unpaired) electrons. The Hall–Kier alpha value is -2.18. The molecule has 1 saturated carbocycles. The highest BCUT2D eigenvalue weighted by molar-refractivity contribution is 5.98. The molecule has 1 saturated heterocycles. The summed E-state index contributed by atoms with van der Waals surface area (Å²) >= 11 is 0. The van der Waals surface area contributed by atoms with Crippen LogP contribution in [-0.4, -0.2) is 51.3 Å². The molecule has 2 aliphatic rings.